The van der Waals surface area contributed by atoms with Gasteiger partial charge in [-0.05, 0) is 49.9 Å². The van der Waals surface area contributed by atoms with Crippen LogP contribution in [0.2, 0.25) is 0 Å². The molecule has 0 aromatic heterocycles. The summed E-state index contributed by atoms with van der Waals surface area (Å²) >= 11 is 0. The van der Waals surface area contributed by atoms with Crippen LogP contribution in [-0.4, -0.2) is 36.0 Å². The number of carbonyl (C=O) groups is 3. The Morgan fingerprint density at radius 1 is 1.07 bits per heavy atom. The summed E-state index contributed by atoms with van der Waals surface area (Å²) in [6.45, 7) is 5.04. The number of nitrogens with one attached hydrogen (secondary N) is 2. The van der Waals surface area contributed by atoms with Crippen LogP contribution >= 0.6 is 0 Å². The van der Waals surface area contributed by atoms with Crippen LogP contribution in [-0.2, 0) is 14.3 Å². The molecule has 1 saturated carbocycles. The predicted octanol–water partition coefficient (Wildman–Crippen LogP) is 2.57. The molecule has 2 unspecified atom stereocenters. The summed E-state index contributed by atoms with van der Waals surface area (Å²) < 4.78 is 18.3. The fourth-order valence-corrected chi connectivity index (χ4v) is 3.01. The summed E-state index contributed by atoms with van der Waals surface area (Å²) in [5.74, 6) is -2.20. The molecular formula is C20H27FN2O4. The lowest BCUT2D eigenvalue weighted by Gasteiger charge is -2.23. The Balaban J connectivity index is 1.94. The Labute approximate surface area is 158 Å². The highest BCUT2D eigenvalue weighted by atomic mass is 19.1. The van der Waals surface area contributed by atoms with E-state index < -0.39 is 29.8 Å². The van der Waals surface area contributed by atoms with Gasteiger partial charge in [0, 0.05) is 11.6 Å². The van der Waals surface area contributed by atoms with Gasteiger partial charge in [-0.25, -0.2) is 9.18 Å². The van der Waals surface area contributed by atoms with Crippen LogP contribution in [0.5, 0.6) is 0 Å². The fraction of sp³-hybridized carbons (Fsp3) is 0.550. The van der Waals surface area contributed by atoms with E-state index in [-0.39, 0.29) is 23.4 Å². The molecule has 0 bridgehead atoms. The van der Waals surface area contributed by atoms with Gasteiger partial charge in [-0.1, -0.05) is 26.7 Å². The first-order valence-electron chi connectivity index (χ1n) is 9.35. The van der Waals surface area contributed by atoms with Gasteiger partial charge in [0.15, 0.2) is 6.10 Å². The zero-order valence-electron chi connectivity index (χ0n) is 16.0. The molecule has 2 N–H and O–H groups in total. The summed E-state index contributed by atoms with van der Waals surface area (Å²) in [5, 5.41) is 5.49. The zero-order valence-corrected chi connectivity index (χ0v) is 16.0. The van der Waals surface area contributed by atoms with Crippen molar-refractivity contribution in [2.45, 2.75) is 64.6 Å². The summed E-state index contributed by atoms with van der Waals surface area (Å²) in [6.07, 6.45) is 3.11. The third-order valence-corrected chi connectivity index (χ3v) is 4.68. The smallest absolute Gasteiger partial charge is 0.329 e. The van der Waals surface area contributed by atoms with Gasteiger partial charge in [0.1, 0.15) is 11.9 Å². The van der Waals surface area contributed by atoms with Crippen molar-refractivity contribution in [3.8, 4) is 0 Å². The molecule has 1 fully saturated rings. The summed E-state index contributed by atoms with van der Waals surface area (Å²) in [5.41, 5.74) is 0.238. The Hall–Kier alpha value is -2.44. The number of hydrogen-bond donors (Lipinski definition) is 2. The van der Waals surface area contributed by atoms with Crippen LogP contribution in [0.25, 0.3) is 0 Å². The number of rotatable bonds is 7. The first-order valence-corrected chi connectivity index (χ1v) is 9.35. The highest BCUT2D eigenvalue weighted by Gasteiger charge is 2.30. The van der Waals surface area contributed by atoms with Crippen LogP contribution in [0.15, 0.2) is 24.3 Å². The van der Waals surface area contributed by atoms with Crippen LogP contribution in [0, 0.1) is 11.7 Å². The van der Waals surface area contributed by atoms with Gasteiger partial charge < -0.3 is 15.4 Å². The average Bonchev–Trinajstić information content (AvgIpc) is 3.12. The number of benzene rings is 1. The van der Waals surface area contributed by atoms with E-state index in [4.69, 9.17) is 4.74 Å². The van der Waals surface area contributed by atoms with E-state index in [9.17, 15) is 18.8 Å². The van der Waals surface area contributed by atoms with E-state index >= 15 is 0 Å². The number of carbonyl (C=O) groups excluding carboxylic acids is 3. The molecule has 6 nitrogen and oxygen atoms in total. The highest BCUT2D eigenvalue weighted by molar-refractivity contribution is 5.97. The summed E-state index contributed by atoms with van der Waals surface area (Å²) in [4.78, 5) is 37.0. The summed E-state index contributed by atoms with van der Waals surface area (Å²) in [7, 11) is 0. The molecule has 7 heteroatoms. The number of ether oxygens (including phenoxy) is 1. The lowest BCUT2D eigenvalue weighted by atomic mass is 10.0. The number of halogens is 1. The fourth-order valence-electron chi connectivity index (χ4n) is 3.01. The van der Waals surface area contributed by atoms with Crippen molar-refractivity contribution in [2.24, 2.45) is 5.92 Å². The first-order chi connectivity index (χ1) is 12.8. The molecule has 27 heavy (non-hydrogen) atoms. The minimum Gasteiger partial charge on any atom is -0.451 e. The maximum Gasteiger partial charge on any atom is 0.329 e. The lowest BCUT2D eigenvalue weighted by molar-refractivity contribution is -0.157. The molecule has 0 spiro atoms. The Morgan fingerprint density at radius 3 is 2.22 bits per heavy atom. The molecular weight excluding hydrogens is 351 g/mol. The van der Waals surface area contributed by atoms with E-state index in [0.29, 0.717) is 0 Å². The maximum absolute atomic E-state index is 13.0. The minimum absolute atomic E-state index is 0.137. The largest absolute Gasteiger partial charge is 0.451 e. The van der Waals surface area contributed by atoms with E-state index in [2.05, 4.69) is 10.6 Å². The van der Waals surface area contributed by atoms with Crippen molar-refractivity contribution < 1.29 is 23.5 Å². The molecule has 148 valence electrons. The van der Waals surface area contributed by atoms with Gasteiger partial charge >= 0.3 is 5.97 Å². The van der Waals surface area contributed by atoms with Crippen molar-refractivity contribution >= 4 is 17.8 Å². The zero-order chi connectivity index (χ0) is 20.0. The normalized spacial score (nSPS) is 16.6. The van der Waals surface area contributed by atoms with E-state index in [1.54, 1.807) is 13.8 Å². The number of amides is 2. The van der Waals surface area contributed by atoms with Crippen molar-refractivity contribution in [1.29, 1.82) is 0 Å². The van der Waals surface area contributed by atoms with Crippen molar-refractivity contribution in [2.75, 3.05) is 0 Å². The standard InChI is InChI=1S/C20H27FN2O4/c1-12(2)17(23-19(25)14-8-10-15(21)11-9-14)20(26)27-13(3)18(24)22-16-6-4-5-7-16/h8-13,16-17H,4-7H2,1-3H3,(H,22,24)(H,23,25). The Kier molecular flexibility index (Phi) is 7.33. The monoisotopic (exact) mass is 378 g/mol. The molecule has 2 atom stereocenters. The van der Waals surface area contributed by atoms with Gasteiger partial charge in [0.25, 0.3) is 11.8 Å². The van der Waals surface area contributed by atoms with Crippen LogP contribution in [0.3, 0.4) is 0 Å². The second-order valence-corrected chi connectivity index (χ2v) is 7.27. The molecule has 0 heterocycles. The maximum atomic E-state index is 13.0. The molecule has 0 aliphatic heterocycles. The van der Waals surface area contributed by atoms with E-state index in [1.165, 1.54) is 31.2 Å². The molecule has 0 radical (unpaired) electrons. The third kappa shape index (κ3) is 6.05. The molecule has 1 aliphatic carbocycles. The third-order valence-electron chi connectivity index (χ3n) is 4.68. The SMILES string of the molecule is CC(OC(=O)C(NC(=O)c1ccc(F)cc1)C(C)C)C(=O)NC1CCCC1. The molecule has 2 amide bonds. The minimum atomic E-state index is -0.943. The predicted molar refractivity (Wildman–Crippen MR) is 98.4 cm³/mol. The number of hydrogen-bond acceptors (Lipinski definition) is 4. The highest BCUT2D eigenvalue weighted by Crippen LogP contribution is 2.18. The number of esters is 1. The topological polar surface area (TPSA) is 84.5 Å². The van der Waals surface area contributed by atoms with E-state index in [1.807, 2.05) is 0 Å². The van der Waals surface area contributed by atoms with Crippen molar-refractivity contribution in [3.63, 3.8) is 0 Å². The van der Waals surface area contributed by atoms with Gasteiger partial charge in [-0.2, -0.15) is 0 Å². The van der Waals surface area contributed by atoms with Crippen LogP contribution in [0.4, 0.5) is 4.39 Å². The molecule has 1 aromatic rings. The average molecular weight is 378 g/mol. The van der Waals surface area contributed by atoms with E-state index in [0.717, 1.165) is 25.7 Å². The van der Waals surface area contributed by atoms with Crippen LogP contribution in [0.1, 0.15) is 56.8 Å². The van der Waals surface area contributed by atoms with Gasteiger partial charge in [-0.15, -0.1) is 0 Å². The molecule has 2 rings (SSSR count). The molecule has 1 aromatic carbocycles. The van der Waals surface area contributed by atoms with Crippen molar-refractivity contribution in [1.82, 2.24) is 10.6 Å². The Bertz CT molecular complexity index is 669. The second kappa shape index (κ2) is 9.48. The molecule has 1 aliphatic rings. The van der Waals surface area contributed by atoms with Crippen molar-refractivity contribution in [3.05, 3.63) is 35.6 Å². The lowest BCUT2D eigenvalue weighted by Crippen LogP contribution is -2.48. The summed E-state index contributed by atoms with van der Waals surface area (Å²) in [6, 6.07) is 4.25. The van der Waals surface area contributed by atoms with Crippen LogP contribution < -0.4 is 10.6 Å². The Morgan fingerprint density at radius 2 is 1.67 bits per heavy atom. The van der Waals surface area contributed by atoms with Gasteiger partial charge in [-0.3, -0.25) is 9.59 Å². The first kappa shape index (κ1) is 20.9. The quantitative estimate of drug-likeness (QED) is 0.714. The molecule has 0 saturated heterocycles. The van der Waals surface area contributed by atoms with Gasteiger partial charge in [0.2, 0.25) is 0 Å². The van der Waals surface area contributed by atoms with Gasteiger partial charge in [0.05, 0.1) is 0 Å². The second-order valence-electron chi connectivity index (χ2n) is 7.27.